The number of aliphatic hydroxyl groups is 1. The smallest absolute Gasteiger partial charge is 0.126 e. The molecule has 0 amide bonds. The standard InChI is InChI=1S/C6H10BrN3O/c1-10-6(7)5(4-9-10)8-2-3-11/h4,8,11H,2-3H2,1H3. The zero-order chi connectivity index (χ0) is 8.27. The molecule has 0 aromatic carbocycles. The molecule has 5 heteroatoms. The summed E-state index contributed by atoms with van der Waals surface area (Å²) in [5.41, 5.74) is 0.904. The van der Waals surface area contributed by atoms with E-state index in [1.807, 2.05) is 7.05 Å². The van der Waals surface area contributed by atoms with Gasteiger partial charge < -0.3 is 10.4 Å². The molecule has 0 unspecified atom stereocenters. The Hall–Kier alpha value is -0.550. The van der Waals surface area contributed by atoms with E-state index in [4.69, 9.17) is 5.11 Å². The summed E-state index contributed by atoms with van der Waals surface area (Å²) in [5, 5.41) is 15.5. The molecule has 1 aromatic rings. The fraction of sp³-hybridized carbons (Fsp3) is 0.500. The van der Waals surface area contributed by atoms with E-state index in [-0.39, 0.29) is 6.61 Å². The van der Waals surface area contributed by atoms with Crippen LogP contribution < -0.4 is 5.32 Å². The third-order valence-corrected chi connectivity index (χ3v) is 2.23. The van der Waals surface area contributed by atoms with Gasteiger partial charge in [-0.1, -0.05) is 0 Å². The molecule has 1 rings (SSSR count). The van der Waals surface area contributed by atoms with E-state index in [0.29, 0.717) is 6.54 Å². The first-order valence-corrected chi connectivity index (χ1v) is 4.07. The molecular weight excluding hydrogens is 210 g/mol. The second kappa shape index (κ2) is 3.73. The number of aryl methyl sites for hydroxylation is 1. The summed E-state index contributed by atoms with van der Waals surface area (Å²) in [6, 6.07) is 0. The molecule has 1 aromatic heterocycles. The summed E-state index contributed by atoms with van der Waals surface area (Å²) < 4.78 is 2.60. The largest absolute Gasteiger partial charge is 0.395 e. The first-order chi connectivity index (χ1) is 5.25. The lowest BCUT2D eigenvalue weighted by Crippen LogP contribution is -2.05. The first-order valence-electron chi connectivity index (χ1n) is 3.28. The van der Waals surface area contributed by atoms with E-state index in [0.717, 1.165) is 10.3 Å². The van der Waals surface area contributed by atoms with Gasteiger partial charge in [-0.25, -0.2) is 0 Å². The van der Waals surface area contributed by atoms with Crippen molar-refractivity contribution in [2.24, 2.45) is 7.05 Å². The summed E-state index contributed by atoms with van der Waals surface area (Å²) in [6.45, 7) is 0.672. The lowest BCUT2D eigenvalue weighted by atomic mass is 10.5. The predicted molar refractivity (Wildman–Crippen MR) is 46.5 cm³/mol. The van der Waals surface area contributed by atoms with Gasteiger partial charge >= 0.3 is 0 Å². The number of aromatic nitrogens is 2. The minimum Gasteiger partial charge on any atom is -0.395 e. The number of hydrogen-bond acceptors (Lipinski definition) is 3. The van der Waals surface area contributed by atoms with Crippen LogP contribution in [0.3, 0.4) is 0 Å². The minimum atomic E-state index is 0.126. The summed E-state index contributed by atoms with van der Waals surface area (Å²) >= 11 is 3.34. The number of nitrogens with one attached hydrogen (secondary N) is 1. The number of aliphatic hydroxyl groups excluding tert-OH is 1. The highest BCUT2D eigenvalue weighted by atomic mass is 79.9. The van der Waals surface area contributed by atoms with Crippen molar-refractivity contribution in [3.05, 3.63) is 10.8 Å². The number of nitrogens with zero attached hydrogens (tertiary/aromatic N) is 2. The Balaban J connectivity index is 2.63. The highest BCUT2D eigenvalue weighted by molar-refractivity contribution is 9.10. The van der Waals surface area contributed by atoms with Gasteiger partial charge in [-0.3, -0.25) is 4.68 Å². The second-order valence-corrected chi connectivity index (χ2v) is 2.87. The van der Waals surface area contributed by atoms with Gasteiger partial charge in [0.1, 0.15) is 4.60 Å². The lowest BCUT2D eigenvalue weighted by molar-refractivity contribution is 0.311. The molecular formula is C6H10BrN3O. The molecule has 11 heavy (non-hydrogen) atoms. The van der Waals surface area contributed by atoms with E-state index in [2.05, 4.69) is 26.3 Å². The van der Waals surface area contributed by atoms with E-state index >= 15 is 0 Å². The molecule has 62 valence electrons. The van der Waals surface area contributed by atoms with Crippen LogP contribution in [-0.2, 0) is 7.05 Å². The summed E-state index contributed by atoms with van der Waals surface area (Å²) in [6.07, 6.45) is 1.71. The first kappa shape index (κ1) is 8.55. The molecule has 0 fully saturated rings. The van der Waals surface area contributed by atoms with Crippen LogP contribution in [0, 0.1) is 0 Å². The SMILES string of the molecule is Cn1ncc(NCCO)c1Br. The van der Waals surface area contributed by atoms with E-state index < -0.39 is 0 Å². The van der Waals surface area contributed by atoms with Crippen molar-refractivity contribution in [2.75, 3.05) is 18.5 Å². The van der Waals surface area contributed by atoms with Crippen LogP contribution in [0.1, 0.15) is 0 Å². The van der Waals surface area contributed by atoms with Crippen molar-refractivity contribution in [3.63, 3.8) is 0 Å². The Kier molecular flexibility index (Phi) is 2.90. The van der Waals surface area contributed by atoms with Crippen LogP contribution in [-0.4, -0.2) is 28.0 Å². The van der Waals surface area contributed by atoms with Gasteiger partial charge in [0.25, 0.3) is 0 Å². The van der Waals surface area contributed by atoms with Crippen LogP contribution in [0.5, 0.6) is 0 Å². The van der Waals surface area contributed by atoms with Crippen LogP contribution >= 0.6 is 15.9 Å². The molecule has 0 bridgehead atoms. The van der Waals surface area contributed by atoms with Gasteiger partial charge in [0.15, 0.2) is 0 Å². The molecule has 0 aliphatic rings. The van der Waals surface area contributed by atoms with Crippen LogP contribution in [0.4, 0.5) is 5.69 Å². The maximum atomic E-state index is 8.52. The third kappa shape index (κ3) is 1.94. The summed E-state index contributed by atoms with van der Waals surface area (Å²) in [4.78, 5) is 0. The molecule has 0 radical (unpaired) electrons. The van der Waals surface area contributed by atoms with Crippen LogP contribution in [0.15, 0.2) is 10.8 Å². The Morgan fingerprint density at radius 1 is 1.82 bits per heavy atom. The number of halogens is 1. The average molecular weight is 220 g/mol. The molecule has 0 spiro atoms. The molecule has 0 saturated carbocycles. The van der Waals surface area contributed by atoms with Crippen molar-refractivity contribution in [1.82, 2.24) is 9.78 Å². The topological polar surface area (TPSA) is 50.1 Å². The van der Waals surface area contributed by atoms with E-state index in [1.165, 1.54) is 0 Å². The van der Waals surface area contributed by atoms with Gasteiger partial charge in [-0.15, -0.1) is 0 Å². The van der Waals surface area contributed by atoms with Crippen LogP contribution in [0.25, 0.3) is 0 Å². The second-order valence-electron chi connectivity index (χ2n) is 2.12. The maximum absolute atomic E-state index is 8.52. The van der Waals surface area contributed by atoms with E-state index in [9.17, 15) is 0 Å². The highest BCUT2D eigenvalue weighted by Crippen LogP contribution is 2.19. The predicted octanol–water partition coefficient (Wildman–Crippen LogP) is 0.587. The molecule has 1 heterocycles. The molecule has 4 nitrogen and oxygen atoms in total. The highest BCUT2D eigenvalue weighted by Gasteiger charge is 2.02. The third-order valence-electron chi connectivity index (χ3n) is 1.29. The average Bonchev–Trinajstić information content (AvgIpc) is 2.31. The quantitative estimate of drug-likeness (QED) is 0.783. The Morgan fingerprint density at radius 3 is 3.00 bits per heavy atom. The summed E-state index contributed by atoms with van der Waals surface area (Å²) in [5.74, 6) is 0. The molecule has 0 atom stereocenters. The lowest BCUT2D eigenvalue weighted by Gasteiger charge is -2.00. The maximum Gasteiger partial charge on any atom is 0.126 e. The fourth-order valence-corrected chi connectivity index (χ4v) is 1.07. The van der Waals surface area contributed by atoms with Gasteiger partial charge in [-0.2, -0.15) is 5.10 Å². The van der Waals surface area contributed by atoms with Crippen molar-refractivity contribution < 1.29 is 5.11 Å². The number of hydrogen-bond donors (Lipinski definition) is 2. The van der Waals surface area contributed by atoms with Gasteiger partial charge in [-0.05, 0) is 15.9 Å². The van der Waals surface area contributed by atoms with Crippen molar-refractivity contribution in [1.29, 1.82) is 0 Å². The molecule has 0 aliphatic heterocycles. The summed E-state index contributed by atoms with van der Waals surface area (Å²) in [7, 11) is 1.84. The number of anilines is 1. The molecule has 0 aliphatic carbocycles. The van der Waals surface area contributed by atoms with Gasteiger partial charge in [0.2, 0.25) is 0 Å². The van der Waals surface area contributed by atoms with Gasteiger partial charge in [0.05, 0.1) is 18.5 Å². The van der Waals surface area contributed by atoms with E-state index in [1.54, 1.807) is 10.9 Å². The zero-order valence-corrected chi connectivity index (χ0v) is 7.80. The fourth-order valence-electron chi connectivity index (χ4n) is 0.732. The van der Waals surface area contributed by atoms with Crippen molar-refractivity contribution in [2.45, 2.75) is 0 Å². The van der Waals surface area contributed by atoms with Gasteiger partial charge in [0, 0.05) is 13.6 Å². The Bertz CT molecular complexity index is 236. The van der Waals surface area contributed by atoms with Crippen molar-refractivity contribution in [3.8, 4) is 0 Å². The van der Waals surface area contributed by atoms with Crippen LogP contribution in [0.2, 0.25) is 0 Å². The van der Waals surface area contributed by atoms with Crippen molar-refractivity contribution >= 4 is 21.6 Å². The molecule has 2 N–H and O–H groups in total. The number of rotatable bonds is 3. The Labute approximate surface area is 73.3 Å². The zero-order valence-electron chi connectivity index (χ0n) is 6.21. The normalized spacial score (nSPS) is 10.1. The monoisotopic (exact) mass is 219 g/mol. The Morgan fingerprint density at radius 2 is 2.55 bits per heavy atom. The molecule has 0 saturated heterocycles. The minimum absolute atomic E-state index is 0.126.